The van der Waals surface area contributed by atoms with Crippen molar-refractivity contribution < 1.29 is 9.18 Å². The third-order valence-electron chi connectivity index (χ3n) is 4.75. The van der Waals surface area contributed by atoms with Crippen LogP contribution in [0.3, 0.4) is 0 Å². The Hall–Kier alpha value is -2.16. The molecule has 0 atom stereocenters. The standard InChI is InChI=1S/C17H23FN4O3S/c1-3-21-14(23)13-11(2)12(10-20-9-7-19-16(20)24)26-15(13)22(17(21)25)8-5-4-6-18/h3-10H2,1-2H3,(H,19,24). The van der Waals surface area contributed by atoms with Crippen LogP contribution in [-0.4, -0.2) is 39.8 Å². The van der Waals surface area contributed by atoms with Gasteiger partial charge in [0, 0.05) is 31.1 Å². The van der Waals surface area contributed by atoms with Gasteiger partial charge in [0.2, 0.25) is 0 Å². The van der Waals surface area contributed by atoms with Gasteiger partial charge in [0.05, 0.1) is 18.6 Å². The zero-order valence-electron chi connectivity index (χ0n) is 15.0. The SMILES string of the molecule is CCn1c(=O)c2c(C)c(CN3CCNC3=O)sc2n(CCCCF)c1=O. The lowest BCUT2D eigenvalue weighted by Gasteiger charge is -2.12. The van der Waals surface area contributed by atoms with Gasteiger partial charge in [-0.3, -0.25) is 18.3 Å². The molecule has 0 unspecified atom stereocenters. The summed E-state index contributed by atoms with van der Waals surface area (Å²) in [6.07, 6.45) is 0.915. The number of unbranched alkanes of at least 4 members (excludes halogenated alkanes) is 1. The molecule has 142 valence electrons. The van der Waals surface area contributed by atoms with E-state index in [4.69, 9.17) is 0 Å². The summed E-state index contributed by atoms with van der Waals surface area (Å²) in [6.45, 7) is 5.51. The molecule has 2 aromatic heterocycles. The van der Waals surface area contributed by atoms with E-state index in [0.29, 0.717) is 49.2 Å². The number of hydrogen-bond donors (Lipinski definition) is 1. The molecule has 7 nitrogen and oxygen atoms in total. The minimum atomic E-state index is -0.426. The average molecular weight is 382 g/mol. The van der Waals surface area contributed by atoms with Crippen molar-refractivity contribution in [1.82, 2.24) is 19.4 Å². The van der Waals surface area contributed by atoms with Crippen LogP contribution in [0, 0.1) is 6.92 Å². The normalized spacial score (nSPS) is 14.4. The summed E-state index contributed by atoms with van der Waals surface area (Å²) in [5.74, 6) is 0. The minimum absolute atomic E-state index is 0.117. The van der Waals surface area contributed by atoms with Gasteiger partial charge in [-0.2, -0.15) is 0 Å². The van der Waals surface area contributed by atoms with Crippen LogP contribution in [0.2, 0.25) is 0 Å². The third kappa shape index (κ3) is 3.15. The molecular formula is C17H23FN4O3S. The highest BCUT2D eigenvalue weighted by molar-refractivity contribution is 7.18. The number of thiophene rings is 1. The van der Waals surface area contributed by atoms with E-state index in [1.54, 1.807) is 16.4 Å². The number of nitrogens with one attached hydrogen (secondary N) is 1. The highest BCUT2D eigenvalue weighted by Crippen LogP contribution is 2.29. The summed E-state index contributed by atoms with van der Waals surface area (Å²) in [6, 6.07) is -0.117. The maximum absolute atomic E-state index is 12.8. The number of alkyl halides is 1. The van der Waals surface area contributed by atoms with Gasteiger partial charge < -0.3 is 10.2 Å². The molecule has 0 bridgehead atoms. The second-order valence-corrected chi connectivity index (χ2v) is 7.45. The van der Waals surface area contributed by atoms with Gasteiger partial charge in [0.15, 0.2) is 0 Å². The summed E-state index contributed by atoms with van der Waals surface area (Å²) in [7, 11) is 0. The summed E-state index contributed by atoms with van der Waals surface area (Å²) < 4.78 is 15.3. The smallest absolute Gasteiger partial charge is 0.332 e. The number of aryl methyl sites for hydroxylation is 2. The van der Waals surface area contributed by atoms with Crippen LogP contribution in [0.5, 0.6) is 0 Å². The largest absolute Gasteiger partial charge is 0.336 e. The molecule has 1 fully saturated rings. The summed E-state index contributed by atoms with van der Waals surface area (Å²) in [4.78, 5) is 40.6. The Morgan fingerprint density at radius 1 is 1.19 bits per heavy atom. The van der Waals surface area contributed by atoms with Gasteiger partial charge in [-0.15, -0.1) is 11.3 Å². The van der Waals surface area contributed by atoms with E-state index in [1.165, 1.54) is 15.9 Å². The van der Waals surface area contributed by atoms with Crippen LogP contribution < -0.4 is 16.6 Å². The fraction of sp³-hybridized carbons (Fsp3) is 0.588. The van der Waals surface area contributed by atoms with Crippen molar-refractivity contribution in [2.75, 3.05) is 19.8 Å². The molecule has 0 radical (unpaired) electrons. The molecule has 2 amide bonds. The topological polar surface area (TPSA) is 76.3 Å². The quantitative estimate of drug-likeness (QED) is 0.742. The van der Waals surface area contributed by atoms with Crippen LogP contribution >= 0.6 is 11.3 Å². The van der Waals surface area contributed by atoms with Crippen LogP contribution in [0.25, 0.3) is 10.2 Å². The Kier molecular flexibility index (Phi) is 5.45. The molecule has 1 N–H and O–H groups in total. The first-order valence-electron chi connectivity index (χ1n) is 8.84. The predicted octanol–water partition coefficient (Wildman–Crippen LogP) is 1.83. The number of urea groups is 1. The fourth-order valence-corrected chi connectivity index (χ4v) is 4.60. The molecule has 3 rings (SSSR count). The fourth-order valence-electron chi connectivity index (χ4n) is 3.27. The van der Waals surface area contributed by atoms with Crippen molar-refractivity contribution in [3.05, 3.63) is 31.3 Å². The lowest BCUT2D eigenvalue weighted by Crippen LogP contribution is -2.39. The second-order valence-electron chi connectivity index (χ2n) is 6.36. The Balaban J connectivity index is 2.12. The summed E-state index contributed by atoms with van der Waals surface area (Å²) in [5.41, 5.74) is 0.173. The lowest BCUT2D eigenvalue weighted by molar-refractivity contribution is 0.216. The number of amides is 2. The van der Waals surface area contributed by atoms with Crippen molar-refractivity contribution in [2.45, 2.75) is 46.3 Å². The molecule has 0 saturated carbocycles. The van der Waals surface area contributed by atoms with Gasteiger partial charge in [-0.1, -0.05) is 0 Å². The molecular weight excluding hydrogens is 359 g/mol. The Morgan fingerprint density at radius 3 is 2.58 bits per heavy atom. The van der Waals surface area contributed by atoms with Crippen LogP contribution in [0.15, 0.2) is 9.59 Å². The maximum atomic E-state index is 12.8. The van der Waals surface area contributed by atoms with E-state index < -0.39 is 6.67 Å². The summed E-state index contributed by atoms with van der Waals surface area (Å²) in [5, 5.41) is 3.30. The first-order chi connectivity index (χ1) is 12.5. The van der Waals surface area contributed by atoms with Gasteiger partial charge in [-0.05, 0) is 32.3 Å². The van der Waals surface area contributed by atoms with E-state index in [1.807, 2.05) is 6.92 Å². The molecule has 3 heterocycles. The number of carbonyl (C=O) groups excluding carboxylic acids is 1. The molecule has 0 spiro atoms. The van der Waals surface area contributed by atoms with Crippen molar-refractivity contribution in [2.24, 2.45) is 0 Å². The van der Waals surface area contributed by atoms with Crippen LogP contribution in [-0.2, 0) is 19.6 Å². The Bertz CT molecular complexity index is 946. The number of aromatic nitrogens is 2. The molecule has 1 aliphatic heterocycles. The number of carbonyl (C=O) groups is 1. The number of halogens is 1. The van der Waals surface area contributed by atoms with Gasteiger partial charge in [-0.25, -0.2) is 9.59 Å². The van der Waals surface area contributed by atoms with Crippen molar-refractivity contribution >= 4 is 27.6 Å². The second kappa shape index (κ2) is 7.61. The van der Waals surface area contributed by atoms with Gasteiger partial charge in [0.25, 0.3) is 5.56 Å². The average Bonchev–Trinajstić information content (AvgIpc) is 3.16. The van der Waals surface area contributed by atoms with E-state index in [9.17, 15) is 18.8 Å². The maximum Gasteiger partial charge on any atom is 0.332 e. The minimum Gasteiger partial charge on any atom is -0.336 e. The van der Waals surface area contributed by atoms with Crippen LogP contribution in [0.4, 0.5) is 9.18 Å². The van der Waals surface area contributed by atoms with Gasteiger partial charge >= 0.3 is 11.7 Å². The lowest BCUT2D eigenvalue weighted by atomic mass is 10.2. The predicted molar refractivity (Wildman–Crippen MR) is 99.8 cm³/mol. The molecule has 9 heteroatoms. The van der Waals surface area contributed by atoms with Crippen molar-refractivity contribution in [1.29, 1.82) is 0 Å². The van der Waals surface area contributed by atoms with Crippen LogP contribution in [0.1, 0.15) is 30.2 Å². The molecule has 26 heavy (non-hydrogen) atoms. The van der Waals surface area contributed by atoms with Crippen molar-refractivity contribution in [3.8, 4) is 0 Å². The number of hydrogen-bond acceptors (Lipinski definition) is 4. The van der Waals surface area contributed by atoms with Gasteiger partial charge in [0.1, 0.15) is 4.83 Å². The van der Waals surface area contributed by atoms with E-state index in [0.717, 1.165) is 10.4 Å². The zero-order valence-corrected chi connectivity index (χ0v) is 15.8. The molecule has 2 aromatic rings. The van der Waals surface area contributed by atoms with Crippen molar-refractivity contribution in [3.63, 3.8) is 0 Å². The zero-order chi connectivity index (χ0) is 18.8. The number of rotatable bonds is 7. The van der Waals surface area contributed by atoms with E-state index >= 15 is 0 Å². The summed E-state index contributed by atoms with van der Waals surface area (Å²) >= 11 is 1.38. The Labute approximate surface area is 154 Å². The highest BCUT2D eigenvalue weighted by Gasteiger charge is 2.24. The van der Waals surface area contributed by atoms with E-state index in [2.05, 4.69) is 5.32 Å². The Morgan fingerprint density at radius 2 is 1.96 bits per heavy atom. The number of fused-ring (bicyclic) bond motifs is 1. The molecule has 1 aliphatic rings. The molecule has 0 aromatic carbocycles. The first-order valence-corrected chi connectivity index (χ1v) is 9.65. The first kappa shape index (κ1) is 18.6. The number of nitrogens with zero attached hydrogens (tertiary/aromatic N) is 3. The monoisotopic (exact) mass is 382 g/mol. The molecule has 1 saturated heterocycles. The highest BCUT2D eigenvalue weighted by atomic mass is 32.1. The molecule has 0 aliphatic carbocycles. The van der Waals surface area contributed by atoms with E-state index in [-0.39, 0.29) is 23.8 Å². The third-order valence-corrected chi connectivity index (χ3v) is 6.05.